The lowest BCUT2D eigenvalue weighted by Gasteiger charge is -2.25. The monoisotopic (exact) mass is 220 g/mol. The highest BCUT2D eigenvalue weighted by atomic mass is 16.3. The summed E-state index contributed by atoms with van der Waals surface area (Å²) in [6.45, 7) is 7.39. The highest BCUT2D eigenvalue weighted by Crippen LogP contribution is 2.52. The minimum absolute atomic E-state index is 0.593. The van der Waals surface area contributed by atoms with Crippen LogP contribution in [0.15, 0.2) is 36.5 Å². The van der Waals surface area contributed by atoms with Crippen LogP contribution in [0.25, 0.3) is 0 Å². The van der Waals surface area contributed by atoms with Gasteiger partial charge >= 0.3 is 0 Å². The Labute approximate surface area is 97.0 Å². The third-order valence-electron chi connectivity index (χ3n) is 4.03. The summed E-state index contributed by atoms with van der Waals surface area (Å²) in [4.78, 5) is 0. The molecule has 2 nitrogen and oxygen atoms in total. The Morgan fingerprint density at radius 2 is 1.31 bits per heavy atom. The zero-order valence-corrected chi connectivity index (χ0v) is 9.71. The Kier molecular flexibility index (Phi) is 2.81. The molecule has 0 aromatic rings. The Balaban J connectivity index is 2.30. The molecule has 0 radical (unpaired) electrons. The molecule has 2 atom stereocenters. The summed E-state index contributed by atoms with van der Waals surface area (Å²) in [7, 11) is 0. The fraction of sp³-hybridized carbons (Fsp3) is 0.571. The van der Waals surface area contributed by atoms with E-state index >= 15 is 0 Å². The molecule has 0 heterocycles. The molecule has 0 fully saturated rings. The SMILES string of the molecule is C=CCC1(O)CCC2=C1CCC2(O)CC=C. The van der Waals surface area contributed by atoms with E-state index in [9.17, 15) is 10.2 Å². The van der Waals surface area contributed by atoms with Gasteiger partial charge in [-0.1, -0.05) is 12.2 Å². The Morgan fingerprint density at radius 3 is 1.62 bits per heavy atom. The van der Waals surface area contributed by atoms with E-state index in [2.05, 4.69) is 13.2 Å². The van der Waals surface area contributed by atoms with Crippen molar-refractivity contribution in [3.05, 3.63) is 36.5 Å². The summed E-state index contributed by atoms with van der Waals surface area (Å²) in [6.07, 6.45) is 7.79. The summed E-state index contributed by atoms with van der Waals surface area (Å²) in [5, 5.41) is 21.0. The normalized spacial score (nSPS) is 37.6. The van der Waals surface area contributed by atoms with Crippen LogP contribution in [-0.4, -0.2) is 21.4 Å². The van der Waals surface area contributed by atoms with Gasteiger partial charge in [0.15, 0.2) is 0 Å². The second-order valence-corrected chi connectivity index (χ2v) is 5.01. The van der Waals surface area contributed by atoms with E-state index in [0.717, 1.165) is 36.8 Å². The van der Waals surface area contributed by atoms with Crippen molar-refractivity contribution in [1.82, 2.24) is 0 Å². The molecule has 88 valence electrons. The Hall–Kier alpha value is -0.860. The van der Waals surface area contributed by atoms with Crippen LogP contribution < -0.4 is 0 Å². The van der Waals surface area contributed by atoms with Gasteiger partial charge in [0.2, 0.25) is 0 Å². The minimum Gasteiger partial charge on any atom is -0.385 e. The van der Waals surface area contributed by atoms with Crippen molar-refractivity contribution in [3.63, 3.8) is 0 Å². The molecule has 2 aliphatic carbocycles. The highest BCUT2D eigenvalue weighted by molar-refractivity contribution is 5.41. The quantitative estimate of drug-likeness (QED) is 0.715. The first-order chi connectivity index (χ1) is 7.56. The standard InChI is InChI=1S/C14H20O2/c1-3-7-13(15)9-5-12-11(13)6-10-14(12,16)8-4-2/h3-4,15-16H,1-2,5-10H2. The van der Waals surface area contributed by atoms with E-state index in [1.807, 2.05) is 0 Å². The minimum atomic E-state index is -0.733. The molecule has 0 bridgehead atoms. The van der Waals surface area contributed by atoms with E-state index in [0.29, 0.717) is 12.8 Å². The van der Waals surface area contributed by atoms with Crippen LogP contribution in [0.2, 0.25) is 0 Å². The van der Waals surface area contributed by atoms with E-state index in [4.69, 9.17) is 0 Å². The van der Waals surface area contributed by atoms with Gasteiger partial charge in [0, 0.05) is 0 Å². The van der Waals surface area contributed by atoms with Crippen molar-refractivity contribution in [1.29, 1.82) is 0 Å². The zero-order chi connectivity index (χ0) is 11.8. The van der Waals surface area contributed by atoms with Crippen LogP contribution in [0, 0.1) is 0 Å². The van der Waals surface area contributed by atoms with Crippen molar-refractivity contribution in [2.24, 2.45) is 0 Å². The van der Waals surface area contributed by atoms with Gasteiger partial charge in [-0.25, -0.2) is 0 Å². The number of hydrogen-bond donors (Lipinski definition) is 2. The topological polar surface area (TPSA) is 40.5 Å². The predicted molar refractivity (Wildman–Crippen MR) is 65.0 cm³/mol. The molecule has 0 saturated heterocycles. The van der Waals surface area contributed by atoms with Crippen molar-refractivity contribution < 1.29 is 10.2 Å². The van der Waals surface area contributed by atoms with Crippen molar-refractivity contribution in [2.45, 2.75) is 49.7 Å². The van der Waals surface area contributed by atoms with Gasteiger partial charge in [-0.15, -0.1) is 13.2 Å². The van der Waals surface area contributed by atoms with Gasteiger partial charge in [0.05, 0.1) is 11.2 Å². The lowest BCUT2D eigenvalue weighted by molar-refractivity contribution is 0.0642. The maximum atomic E-state index is 10.5. The molecule has 0 saturated carbocycles. The molecule has 2 unspecified atom stereocenters. The molecular weight excluding hydrogens is 200 g/mol. The maximum absolute atomic E-state index is 10.5. The fourth-order valence-corrected chi connectivity index (χ4v) is 3.22. The maximum Gasteiger partial charge on any atom is 0.0897 e. The van der Waals surface area contributed by atoms with E-state index < -0.39 is 11.2 Å². The number of aliphatic hydroxyl groups is 2. The first kappa shape index (κ1) is 11.6. The predicted octanol–water partition coefficient (Wildman–Crippen LogP) is 2.49. The largest absolute Gasteiger partial charge is 0.385 e. The molecule has 0 aromatic carbocycles. The lowest BCUT2D eigenvalue weighted by Crippen LogP contribution is -2.27. The second kappa shape index (κ2) is 3.86. The molecular formula is C14H20O2. The van der Waals surface area contributed by atoms with Gasteiger partial charge < -0.3 is 10.2 Å². The van der Waals surface area contributed by atoms with E-state index in [-0.39, 0.29) is 0 Å². The average Bonchev–Trinajstić information content (AvgIpc) is 2.70. The van der Waals surface area contributed by atoms with Gasteiger partial charge in [0.1, 0.15) is 0 Å². The molecule has 2 heteroatoms. The number of rotatable bonds is 4. The molecule has 0 spiro atoms. The smallest absolute Gasteiger partial charge is 0.0897 e. The summed E-state index contributed by atoms with van der Waals surface area (Å²) < 4.78 is 0. The van der Waals surface area contributed by atoms with Gasteiger partial charge in [-0.2, -0.15) is 0 Å². The van der Waals surface area contributed by atoms with Crippen molar-refractivity contribution in [3.8, 4) is 0 Å². The Bertz CT molecular complexity index is 322. The van der Waals surface area contributed by atoms with Crippen LogP contribution in [0.4, 0.5) is 0 Å². The fourth-order valence-electron chi connectivity index (χ4n) is 3.22. The van der Waals surface area contributed by atoms with E-state index in [1.165, 1.54) is 0 Å². The number of hydrogen-bond acceptors (Lipinski definition) is 2. The molecule has 16 heavy (non-hydrogen) atoms. The third-order valence-corrected chi connectivity index (χ3v) is 4.03. The molecule has 2 aliphatic rings. The van der Waals surface area contributed by atoms with Crippen LogP contribution in [0.3, 0.4) is 0 Å². The van der Waals surface area contributed by atoms with Crippen molar-refractivity contribution in [2.75, 3.05) is 0 Å². The average molecular weight is 220 g/mol. The van der Waals surface area contributed by atoms with Crippen LogP contribution in [0.5, 0.6) is 0 Å². The second-order valence-electron chi connectivity index (χ2n) is 5.01. The molecule has 0 amide bonds. The van der Waals surface area contributed by atoms with Gasteiger partial charge in [0.25, 0.3) is 0 Å². The molecule has 0 aromatic heterocycles. The molecule has 0 aliphatic heterocycles. The molecule has 2 rings (SSSR count). The van der Waals surface area contributed by atoms with Crippen LogP contribution in [-0.2, 0) is 0 Å². The summed E-state index contributed by atoms with van der Waals surface area (Å²) >= 11 is 0. The van der Waals surface area contributed by atoms with E-state index in [1.54, 1.807) is 12.2 Å². The summed E-state index contributed by atoms with van der Waals surface area (Å²) in [5.74, 6) is 0. The first-order valence-corrected chi connectivity index (χ1v) is 5.95. The highest BCUT2D eigenvalue weighted by Gasteiger charge is 2.48. The van der Waals surface area contributed by atoms with Crippen LogP contribution >= 0.6 is 0 Å². The summed E-state index contributed by atoms with van der Waals surface area (Å²) in [6, 6.07) is 0. The summed E-state index contributed by atoms with van der Waals surface area (Å²) in [5.41, 5.74) is 0.666. The third kappa shape index (κ3) is 1.57. The lowest BCUT2D eigenvalue weighted by atomic mass is 9.88. The van der Waals surface area contributed by atoms with Gasteiger partial charge in [-0.05, 0) is 49.7 Å². The van der Waals surface area contributed by atoms with Crippen molar-refractivity contribution >= 4 is 0 Å². The first-order valence-electron chi connectivity index (χ1n) is 5.95. The van der Waals surface area contributed by atoms with Crippen LogP contribution in [0.1, 0.15) is 38.5 Å². The molecule has 2 N–H and O–H groups in total. The van der Waals surface area contributed by atoms with Gasteiger partial charge in [-0.3, -0.25) is 0 Å². The Morgan fingerprint density at radius 1 is 0.938 bits per heavy atom. The zero-order valence-electron chi connectivity index (χ0n) is 9.71.